The molecule has 176 valence electrons. The third-order valence-electron chi connectivity index (χ3n) is 5.93. The van der Waals surface area contributed by atoms with Gasteiger partial charge in [0.05, 0.1) is 6.61 Å². The van der Waals surface area contributed by atoms with Crippen LogP contribution in [0.5, 0.6) is 0 Å². The van der Waals surface area contributed by atoms with E-state index in [9.17, 15) is 19.5 Å². The molecule has 0 spiro atoms. The lowest BCUT2D eigenvalue weighted by Crippen LogP contribution is -2.56. The van der Waals surface area contributed by atoms with E-state index in [-0.39, 0.29) is 25.6 Å². The fourth-order valence-electron chi connectivity index (χ4n) is 3.87. The number of hydrogen-bond donors (Lipinski definition) is 2. The van der Waals surface area contributed by atoms with Gasteiger partial charge in [0.25, 0.3) is 0 Å². The first kappa shape index (κ1) is 24.7. The lowest BCUT2D eigenvalue weighted by molar-refractivity contribution is -0.162. The summed E-state index contributed by atoms with van der Waals surface area (Å²) in [5.74, 6) is -3.39. The Morgan fingerprint density at radius 3 is 2.03 bits per heavy atom. The summed E-state index contributed by atoms with van der Waals surface area (Å²) in [6.07, 6.45) is -0.677. The number of aliphatic carboxylic acids is 1. The Morgan fingerprint density at radius 1 is 0.970 bits per heavy atom. The number of benzene rings is 2. The monoisotopic (exact) mass is 469 g/mol. The molecule has 0 radical (unpaired) electrons. The van der Waals surface area contributed by atoms with Gasteiger partial charge in [-0.25, -0.2) is 9.59 Å². The van der Waals surface area contributed by atoms with E-state index in [2.05, 4.69) is 19.6 Å². The van der Waals surface area contributed by atoms with Crippen LogP contribution in [0, 0.1) is 0 Å². The SMILES string of the molecule is C[Si](C)(C)CCOC(=O)CC[C@](N)(C(=O)O)C(=O)OCC1c2ccccc2-c2ccccc21. The molecule has 0 heterocycles. The lowest BCUT2D eigenvalue weighted by Gasteiger charge is -2.24. The molecular weight excluding hydrogens is 438 g/mol. The fourth-order valence-corrected chi connectivity index (χ4v) is 4.58. The van der Waals surface area contributed by atoms with Gasteiger partial charge in [0.2, 0.25) is 5.54 Å². The normalized spacial score (nSPS) is 14.7. The van der Waals surface area contributed by atoms with Crippen molar-refractivity contribution in [2.75, 3.05) is 13.2 Å². The minimum Gasteiger partial charge on any atom is -0.479 e. The van der Waals surface area contributed by atoms with E-state index in [1.807, 2.05) is 48.5 Å². The zero-order valence-corrected chi connectivity index (χ0v) is 20.3. The average Bonchev–Trinajstić information content (AvgIpc) is 3.08. The van der Waals surface area contributed by atoms with Gasteiger partial charge in [0, 0.05) is 20.4 Å². The zero-order valence-electron chi connectivity index (χ0n) is 19.3. The summed E-state index contributed by atoms with van der Waals surface area (Å²) >= 11 is 0. The molecule has 1 aliphatic rings. The molecular formula is C25H31NO6Si. The zero-order chi connectivity index (χ0) is 24.2. The number of fused-ring (bicyclic) bond motifs is 3. The van der Waals surface area contributed by atoms with E-state index in [4.69, 9.17) is 15.2 Å². The van der Waals surface area contributed by atoms with Gasteiger partial charge in [-0.3, -0.25) is 4.79 Å². The molecule has 0 saturated carbocycles. The van der Waals surface area contributed by atoms with Crippen molar-refractivity contribution >= 4 is 26.0 Å². The van der Waals surface area contributed by atoms with Crippen LogP contribution in [0.25, 0.3) is 11.1 Å². The van der Waals surface area contributed by atoms with Gasteiger partial charge in [-0.1, -0.05) is 68.2 Å². The molecule has 2 aromatic carbocycles. The quantitative estimate of drug-likeness (QED) is 0.309. The molecule has 0 amide bonds. The van der Waals surface area contributed by atoms with E-state index in [0.717, 1.165) is 28.3 Å². The van der Waals surface area contributed by atoms with Crippen LogP contribution in [0.2, 0.25) is 25.7 Å². The molecule has 7 nitrogen and oxygen atoms in total. The van der Waals surface area contributed by atoms with Crippen LogP contribution < -0.4 is 5.73 Å². The molecule has 33 heavy (non-hydrogen) atoms. The van der Waals surface area contributed by atoms with Gasteiger partial charge in [-0.2, -0.15) is 0 Å². The summed E-state index contributed by atoms with van der Waals surface area (Å²) in [4.78, 5) is 36.7. The van der Waals surface area contributed by atoms with Gasteiger partial charge in [0.15, 0.2) is 0 Å². The Kier molecular flexibility index (Phi) is 7.39. The molecule has 3 rings (SSSR count). The number of ether oxygens (including phenoxy) is 2. The molecule has 0 saturated heterocycles. The maximum absolute atomic E-state index is 12.8. The highest BCUT2D eigenvalue weighted by molar-refractivity contribution is 6.76. The number of nitrogens with two attached hydrogens (primary N) is 1. The first-order chi connectivity index (χ1) is 15.5. The van der Waals surface area contributed by atoms with Gasteiger partial charge in [-0.15, -0.1) is 0 Å². The lowest BCUT2D eigenvalue weighted by atomic mass is 9.94. The summed E-state index contributed by atoms with van der Waals surface area (Å²) in [5, 5.41) is 9.63. The molecule has 1 aliphatic carbocycles. The second-order valence-electron chi connectivity index (χ2n) is 9.63. The predicted octanol–water partition coefficient (Wildman–Crippen LogP) is 3.79. The average molecular weight is 470 g/mol. The van der Waals surface area contributed by atoms with Gasteiger partial charge in [-0.05, 0) is 34.7 Å². The number of hydrogen-bond acceptors (Lipinski definition) is 6. The summed E-state index contributed by atoms with van der Waals surface area (Å²) in [7, 11) is -1.36. The molecule has 0 unspecified atom stereocenters. The van der Waals surface area contributed by atoms with Crippen LogP contribution in [-0.4, -0.2) is 49.8 Å². The third-order valence-corrected chi connectivity index (χ3v) is 7.63. The minimum atomic E-state index is -2.32. The molecule has 0 aromatic heterocycles. The summed E-state index contributed by atoms with van der Waals surface area (Å²) < 4.78 is 10.6. The number of rotatable bonds is 10. The molecule has 3 N–H and O–H groups in total. The maximum atomic E-state index is 12.8. The second-order valence-corrected chi connectivity index (χ2v) is 15.3. The summed E-state index contributed by atoms with van der Waals surface area (Å²) in [6.45, 7) is 6.72. The molecule has 0 fully saturated rings. The van der Waals surface area contributed by atoms with Crippen LogP contribution in [0.3, 0.4) is 0 Å². The highest BCUT2D eigenvalue weighted by Gasteiger charge is 2.45. The number of carboxylic acid groups (broad SMARTS) is 1. The van der Waals surface area contributed by atoms with Crippen LogP contribution in [0.1, 0.15) is 29.9 Å². The van der Waals surface area contributed by atoms with Crippen molar-refractivity contribution < 1.29 is 29.0 Å². The predicted molar refractivity (Wildman–Crippen MR) is 128 cm³/mol. The fraction of sp³-hybridized carbons (Fsp3) is 0.400. The number of carboxylic acids is 1. The first-order valence-corrected chi connectivity index (χ1v) is 14.8. The third kappa shape index (κ3) is 5.69. The largest absolute Gasteiger partial charge is 0.479 e. The van der Waals surface area contributed by atoms with E-state index in [1.165, 1.54) is 0 Å². The van der Waals surface area contributed by atoms with Crippen molar-refractivity contribution in [1.29, 1.82) is 0 Å². The minimum absolute atomic E-state index is 0.0419. The standard InChI is InChI=1S/C25H31NO6Si/c1-33(2,3)15-14-31-22(27)12-13-25(26,23(28)29)24(30)32-16-21-19-10-6-4-8-17(19)18-9-5-7-11-20(18)21/h4-11,21H,12-16,26H2,1-3H3,(H,28,29)/t25-/m0/s1. The Hall–Kier alpha value is -2.97. The highest BCUT2D eigenvalue weighted by atomic mass is 28.3. The van der Waals surface area contributed by atoms with Crippen molar-refractivity contribution in [2.45, 2.75) is 50.0 Å². The van der Waals surface area contributed by atoms with Crippen molar-refractivity contribution in [3.63, 3.8) is 0 Å². The van der Waals surface area contributed by atoms with Crippen molar-refractivity contribution in [3.8, 4) is 11.1 Å². The van der Waals surface area contributed by atoms with E-state index < -0.39 is 37.9 Å². The van der Waals surface area contributed by atoms with Crippen LogP contribution in [-0.2, 0) is 23.9 Å². The molecule has 8 heteroatoms. The van der Waals surface area contributed by atoms with Crippen LogP contribution in [0.4, 0.5) is 0 Å². The Bertz CT molecular complexity index is 1000. The maximum Gasteiger partial charge on any atom is 0.337 e. The molecule has 1 atom stereocenters. The van der Waals surface area contributed by atoms with Crippen molar-refractivity contribution in [1.82, 2.24) is 0 Å². The number of esters is 2. The first-order valence-electron chi connectivity index (χ1n) is 11.1. The van der Waals surface area contributed by atoms with Gasteiger partial charge in [0.1, 0.15) is 6.61 Å². The second kappa shape index (κ2) is 9.89. The molecule has 2 aromatic rings. The van der Waals surface area contributed by atoms with Crippen molar-refractivity contribution in [3.05, 3.63) is 59.7 Å². The van der Waals surface area contributed by atoms with E-state index in [0.29, 0.717) is 0 Å². The van der Waals surface area contributed by atoms with Crippen LogP contribution >= 0.6 is 0 Å². The Balaban J connectivity index is 1.64. The van der Waals surface area contributed by atoms with Crippen LogP contribution in [0.15, 0.2) is 48.5 Å². The summed E-state index contributed by atoms with van der Waals surface area (Å²) in [6, 6.07) is 16.5. The van der Waals surface area contributed by atoms with Crippen molar-refractivity contribution in [2.24, 2.45) is 5.73 Å². The molecule has 0 bridgehead atoms. The Morgan fingerprint density at radius 2 is 1.52 bits per heavy atom. The number of carbonyl (C=O) groups excluding carboxylic acids is 2. The smallest absolute Gasteiger partial charge is 0.337 e. The van der Waals surface area contributed by atoms with E-state index in [1.54, 1.807) is 0 Å². The number of carbonyl (C=O) groups is 3. The van der Waals surface area contributed by atoms with E-state index >= 15 is 0 Å². The van der Waals surface area contributed by atoms with Gasteiger partial charge >= 0.3 is 17.9 Å². The highest BCUT2D eigenvalue weighted by Crippen LogP contribution is 2.44. The Labute approximate surface area is 194 Å². The topological polar surface area (TPSA) is 116 Å². The summed E-state index contributed by atoms with van der Waals surface area (Å²) in [5.41, 5.74) is 7.75. The van der Waals surface area contributed by atoms with Gasteiger partial charge < -0.3 is 20.3 Å². The molecule has 0 aliphatic heterocycles.